The molecule has 4 N–H and O–H groups in total. The third-order valence-electron chi connectivity index (χ3n) is 3.18. The molecule has 20 heavy (non-hydrogen) atoms. The van der Waals surface area contributed by atoms with Crippen LogP contribution in [0.2, 0.25) is 0 Å². The van der Waals surface area contributed by atoms with Gasteiger partial charge in [-0.2, -0.15) is 4.98 Å². The number of alkyl halides is 1. The SMILES string of the molecule is CCCc1c[nH]c(=O)nc1N[C@@H]1O[C@H](CO)[C@H](Br)[C@H]1O. The topological polar surface area (TPSA) is 107 Å². The van der Waals surface area contributed by atoms with Crippen molar-refractivity contribution in [2.75, 3.05) is 11.9 Å². The van der Waals surface area contributed by atoms with E-state index < -0.39 is 24.1 Å². The van der Waals surface area contributed by atoms with E-state index in [1.807, 2.05) is 6.92 Å². The summed E-state index contributed by atoms with van der Waals surface area (Å²) in [6, 6.07) is 0. The van der Waals surface area contributed by atoms with Crippen molar-refractivity contribution in [3.63, 3.8) is 0 Å². The summed E-state index contributed by atoms with van der Waals surface area (Å²) in [6.07, 6.45) is 1.19. The highest BCUT2D eigenvalue weighted by Gasteiger charge is 2.42. The number of aliphatic hydroxyl groups is 2. The summed E-state index contributed by atoms with van der Waals surface area (Å²) in [6.45, 7) is 1.82. The number of hydrogen-bond acceptors (Lipinski definition) is 6. The molecule has 7 nitrogen and oxygen atoms in total. The van der Waals surface area contributed by atoms with Gasteiger partial charge >= 0.3 is 5.69 Å². The lowest BCUT2D eigenvalue weighted by atomic mass is 10.1. The Bertz CT molecular complexity index is 510. The number of nitrogens with one attached hydrogen (secondary N) is 2. The van der Waals surface area contributed by atoms with Crippen LogP contribution in [0.3, 0.4) is 0 Å². The van der Waals surface area contributed by atoms with Gasteiger partial charge in [-0.3, -0.25) is 0 Å². The zero-order valence-electron chi connectivity index (χ0n) is 11.0. The van der Waals surface area contributed by atoms with Gasteiger partial charge in [0.25, 0.3) is 0 Å². The molecule has 4 atom stereocenters. The van der Waals surface area contributed by atoms with Crippen LogP contribution < -0.4 is 11.0 Å². The Morgan fingerprint density at radius 3 is 2.95 bits per heavy atom. The summed E-state index contributed by atoms with van der Waals surface area (Å²) in [5.74, 6) is 0.401. The normalized spacial score (nSPS) is 29.6. The lowest BCUT2D eigenvalue weighted by Crippen LogP contribution is -2.34. The zero-order chi connectivity index (χ0) is 14.7. The van der Waals surface area contributed by atoms with Gasteiger partial charge in [0.05, 0.1) is 17.5 Å². The van der Waals surface area contributed by atoms with Crippen molar-refractivity contribution in [3.05, 3.63) is 22.2 Å². The van der Waals surface area contributed by atoms with Gasteiger partial charge in [-0.05, 0) is 6.42 Å². The third kappa shape index (κ3) is 3.20. The maximum atomic E-state index is 11.3. The number of anilines is 1. The number of aryl methyl sites for hydroxylation is 1. The van der Waals surface area contributed by atoms with Gasteiger partial charge in [-0.15, -0.1) is 0 Å². The van der Waals surface area contributed by atoms with Crippen LogP contribution in [0.1, 0.15) is 18.9 Å². The minimum absolute atomic E-state index is 0.199. The first-order valence-corrected chi connectivity index (χ1v) is 7.42. The van der Waals surface area contributed by atoms with Gasteiger partial charge in [-0.25, -0.2) is 4.79 Å². The molecular weight excluding hydrogens is 330 g/mol. The summed E-state index contributed by atoms with van der Waals surface area (Å²) in [5.41, 5.74) is 0.385. The molecule has 0 unspecified atom stereocenters. The summed E-state index contributed by atoms with van der Waals surface area (Å²) < 4.78 is 5.50. The fraction of sp³-hybridized carbons (Fsp3) is 0.667. The fourth-order valence-corrected chi connectivity index (χ4v) is 2.71. The maximum Gasteiger partial charge on any atom is 0.346 e. The number of aliphatic hydroxyl groups excluding tert-OH is 2. The molecule has 0 aromatic carbocycles. The number of aromatic nitrogens is 2. The van der Waals surface area contributed by atoms with Crippen molar-refractivity contribution in [1.82, 2.24) is 9.97 Å². The summed E-state index contributed by atoms with van der Waals surface area (Å²) in [7, 11) is 0. The van der Waals surface area contributed by atoms with Crippen molar-refractivity contribution in [1.29, 1.82) is 0 Å². The van der Waals surface area contributed by atoms with Gasteiger partial charge in [-0.1, -0.05) is 29.3 Å². The smallest absolute Gasteiger partial charge is 0.346 e. The first-order valence-electron chi connectivity index (χ1n) is 6.50. The van der Waals surface area contributed by atoms with Gasteiger partial charge in [0, 0.05) is 11.8 Å². The Hall–Kier alpha value is -0.960. The first kappa shape index (κ1) is 15.4. The fourth-order valence-electron chi connectivity index (χ4n) is 2.14. The Morgan fingerprint density at radius 1 is 1.60 bits per heavy atom. The van der Waals surface area contributed by atoms with E-state index in [0.717, 1.165) is 18.4 Å². The number of ether oxygens (including phenoxy) is 1. The third-order valence-corrected chi connectivity index (χ3v) is 4.31. The van der Waals surface area contributed by atoms with Crippen LogP contribution in [0.5, 0.6) is 0 Å². The average Bonchev–Trinajstić information content (AvgIpc) is 2.70. The molecule has 0 radical (unpaired) electrons. The summed E-state index contributed by atoms with van der Waals surface area (Å²) >= 11 is 3.28. The molecule has 2 rings (SSSR count). The van der Waals surface area contributed by atoms with Crippen LogP contribution in [0, 0.1) is 0 Å². The lowest BCUT2D eigenvalue weighted by molar-refractivity contribution is 0.00542. The molecule has 0 bridgehead atoms. The van der Waals surface area contributed by atoms with Crippen molar-refractivity contribution in [3.8, 4) is 0 Å². The van der Waals surface area contributed by atoms with Gasteiger partial charge < -0.3 is 25.3 Å². The zero-order valence-corrected chi connectivity index (χ0v) is 12.6. The van der Waals surface area contributed by atoms with Crippen LogP contribution in [0.25, 0.3) is 0 Å². The highest BCUT2D eigenvalue weighted by Crippen LogP contribution is 2.28. The van der Waals surface area contributed by atoms with Gasteiger partial charge in [0.1, 0.15) is 11.9 Å². The Morgan fingerprint density at radius 2 is 2.35 bits per heavy atom. The van der Waals surface area contributed by atoms with Crippen LogP contribution in [0.4, 0.5) is 5.82 Å². The number of nitrogens with zero attached hydrogens (tertiary/aromatic N) is 1. The highest BCUT2D eigenvalue weighted by atomic mass is 79.9. The number of halogens is 1. The number of H-pyrrole nitrogens is 1. The number of rotatable bonds is 5. The summed E-state index contributed by atoms with van der Waals surface area (Å²) in [5, 5.41) is 22.1. The molecule has 1 saturated heterocycles. The van der Waals surface area contributed by atoms with Crippen molar-refractivity contribution < 1.29 is 14.9 Å². The van der Waals surface area contributed by atoms with E-state index in [1.165, 1.54) is 0 Å². The predicted molar refractivity (Wildman–Crippen MR) is 76.9 cm³/mol. The van der Waals surface area contributed by atoms with E-state index in [1.54, 1.807) is 6.20 Å². The molecule has 1 aromatic rings. The monoisotopic (exact) mass is 347 g/mol. The molecule has 0 amide bonds. The minimum atomic E-state index is -0.845. The Balaban J connectivity index is 2.17. The molecule has 0 saturated carbocycles. The first-order chi connectivity index (χ1) is 9.56. The molecule has 1 fully saturated rings. The van der Waals surface area contributed by atoms with Crippen LogP contribution >= 0.6 is 15.9 Å². The number of hydrogen-bond donors (Lipinski definition) is 4. The second-order valence-corrected chi connectivity index (χ2v) is 5.74. The quantitative estimate of drug-likeness (QED) is 0.557. The lowest BCUT2D eigenvalue weighted by Gasteiger charge is -2.18. The van der Waals surface area contributed by atoms with E-state index >= 15 is 0 Å². The van der Waals surface area contributed by atoms with E-state index in [0.29, 0.717) is 5.82 Å². The molecule has 1 aliphatic heterocycles. The minimum Gasteiger partial charge on any atom is -0.394 e. The molecule has 8 heteroatoms. The molecule has 2 heterocycles. The second-order valence-electron chi connectivity index (χ2n) is 4.69. The van der Waals surface area contributed by atoms with Crippen molar-refractivity contribution >= 4 is 21.7 Å². The molecule has 0 aliphatic carbocycles. The van der Waals surface area contributed by atoms with E-state index in [2.05, 4.69) is 31.2 Å². The second kappa shape index (κ2) is 6.66. The van der Waals surface area contributed by atoms with Crippen LogP contribution in [-0.4, -0.2) is 50.1 Å². The van der Waals surface area contributed by atoms with Crippen molar-refractivity contribution in [2.24, 2.45) is 0 Å². The van der Waals surface area contributed by atoms with E-state index in [4.69, 9.17) is 9.84 Å². The number of aromatic amines is 1. The van der Waals surface area contributed by atoms with Gasteiger partial charge in [0.15, 0.2) is 6.23 Å². The molecule has 112 valence electrons. The molecule has 0 spiro atoms. The van der Waals surface area contributed by atoms with E-state index in [9.17, 15) is 9.90 Å². The largest absolute Gasteiger partial charge is 0.394 e. The van der Waals surface area contributed by atoms with Gasteiger partial charge in [0.2, 0.25) is 0 Å². The maximum absolute atomic E-state index is 11.3. The molecule has 1 aromatic heterocycles. The van der Waals surface area contributed by atoms with Crippen LogP contribution in [-0.2, 0) is 11.2 Å². The molecule has 1 aliphatic rings. The summed E-state index contributed by atoms with van der Waals surface area (Å²) in [4.78, 5) is 17.4. The Labute approximate surface area is 124 Å². The van der Waals surface area contributed by atoms with Crippen molar-refractivity contribution in [2.45, 2.75) is 43.0 Å². The molecular formula is C12H18BrN3O4. The Kier molecular flexibility index (Phi) is 5.14. The average molecular weight is 348 g/mol. The highest BCUT2D eigenvalue weighted by molar-refractivity contribution is 9.09. The van der Waals surface area contributed by atoms with E-state index in [-0.39, 0.29) is 11.4 Å². The van der Waals surface area contributed by atoms with Crippen LogP contribution in [0.15, 0.2) is 11.0 Å². The predicted octanol–water partition coefficient (Wildman–Crippen LogP) is -0.0241. The standard InChI is InChI=1S/C12H18BrN3O4/c1-2-3-6-4-14-12(19)16-10(6)15-11-9(18)8(13)7(5-17)20-11/h4,7-9,11,17-18H,2-3,5H2,1H3,(H2,14,15,16,19)/t7-,8+,9-,11-/m1/s1.